The summed E-state index contributed by atoms with van der Waals surface area (Å²) in [5.41, 5.74) is 7.93. The number of benzene rings is 4. The van der Waals surface area contributed by atoms with Gasteiger partial charge in [0.1, 0.15) is 0 Å². The van der Waals surface area contributed by atoms with Crippen LogP contribution in [0, 0.1) is 16.9 Å². The summed E-state index contributed by atoms with van der Waals surface area (Å²) in [4.78, 5) is 10.1. The molecule has 6 aromatic rings. The summed E-state index contributed by atoms with van der Waals surface area (Å²) < 4.78 is 2.83. The minimum absolute atomic E-state index is 0. The molecule has 7 rings (SSSR count). The molecule has 0 amide bonds. The molecule has 63 heavy (non-hydrogen) atoms. The second-order valence-corrected chi connectivity index (χ2v) is 22.3. The number of aliphatic hydroxyl groups excluding tert-OH is 1. The van der Waals surface area contributed by atoms with E-state index in [4.69, 9.17) is 9.98 Å². The molecule has 1 N–H and O–H groups in total. The fourth-order valence-electron chi connectivity index (χ4n) is 9.60. The summed E-state index contributed by atoms with van der Waals surface area (Å²) in [6.07, 6.45) is 13.7. The molecule has 5 heteroatoms. The largest absolute Gasteiger partial charge is 0.512 e. The Morgan fingerprint density at radius 1 is 0.794 bits per heavy atom. The van der Waals surface area contributed by atoms with Crippen molar-refractivity contribution < 1.29 is 25.2 Å². The first kappa shape index (κ1) is 50.6. The van der Waals surface area contributed by atoms with Crippen molar-refractivity contribution in [1.29, 1.82) is 0 Å². The maximum absolute atomic E-state index is 10.8. The average Bonchev–Trinajstić information content (AvgIpc) is 3.62. The molecule has 2 aromatic heterocycles. The average molecular weight is 1040 g/mol. The molecular weight excluding hydrogens is 965 g/mol. The van der Waals surface area contributed by atoms with Gasteiger partial charge in [-0.3, -0.25) is 9.98 Å². The first-order valence-corrected chi connectivity index (χ1v) is 24.8. The molecule has 1 atom stereocenters. The van der Waals surface area contributed by atoms with Crippen LogP contribution < -0.4 is 0 Å². The third-order valence-electron chi connectivity index (χ3n) is 15.2. The predicted octanol–water partition coefficient (Wildman–Crippen LogP) is 18.0. The first-order valence-electron chi connectivity index (χ1n) is 23.9. The third kappa shape index (κ3) is 10.1. The summed E-state index contributed by atoms with van der Waals surface area (Å²) in [7, 11) is 0. The van der Waals surface area contributed by atoms with E-state index < -0.39 is 0 Å². The summed E-state index contributed by atoms with van der Waals surface area (Å²) in [6.45, 7) is 34.2. The van der Waals surface area contributed by atoms with Gasteiger partial charge in [-0.1, -0.05) is 158 Å². The van der Waals surface area contributed by atoms with Crippen molar-refractivity contribution in [1.82, 2.24) is 4.98 Å². The number of fused-ring (bicyclic) bond motifs is 7. The summed E-state index contributed by atoms with van der Waals surface area (Å²) in [5, 5.41) is 18.4. The van der Waals surface area contributed by atoms with Gasteiger partial charge in [0.05, 0.1) is 11.8 Å². The Bertz CT molecular complexity index is 2610. The number of thiophene rings is 1. The van der Waals surface area contributed by atoms with Crippen molar-refractivity contribution in [2.24, 2.45) is 15.8 Å². The van der Waals surface area contributed by atoms with Crippen LogP contribution in [0.5, 0.6) is 0 Å². The number of aromatic nitrogens is 1. The monoisotopic (exact) mass is 1040 g/mol. The molecule has 0 bridgehead atoms. The predicted molar refractivity (Wildman–Crippen MR) is 275 cm³/mol. The summed E-state index contributed by atoms with van der Waals surface area (Å²) in [6, 6.07) is 26.8. The second-order valence-electron chi connectivity index (χ2n) is 21.3. The fourth-order valence-corrected chi connectivity index (χ4v) is 11.1. The Kier molecular flexibility index (Phi) is 15.8. The molecular formula is C58H77IrN2OS-. The molecule has 2 heterocycles. The number of allylic oxidation sites excluding steroid dienone is 2. The zero-order valence-electron chi connectivity index (χ0n) is 41.5. The minimum Gasteiger partial charge on any atom is -0.512 e. The van der Waals surface area contributed by atoms with Gasteiger partial charge in [0.15, 0.2) is 0 Å². The summed E-state index contributed by atoms with van der Waals surface area (Å²) >= 11 is 1.98. The molecule has 1 aliphatic carbocycles. The number of pyridine rings is 1. The van der Waals surface area contributed by atoms with Crippen molar-refractivity contribution in [3.63, 3.8) is 0 Å². The Hall–Kier alpha value is -3.37. The number of hydrogen-bond donors (Lipinski definition) is 1. The molecule has 1 radical (unpaired) electrons. The van der Waals surface area contributed by atoms with Crippen LogP contribution in [-0.2, 0) is 36.4 Å². The summed E-state index contributed by atoms with van der Waals surface area (Å²) in [5.74, 6) is 0.501. The van der Waals surface area contributed by atoms with Gasteiger partial charge in [-0.25, -0.2) is 0 Å². The van der Waals surface area contributed by atoms with Gasteiger partial charge in [-0.2, -0.15) is 0 Å². The number of rotatable bonds is 12. The van der Waals surface area contributed by atoms with Crippen LogP contribution in [0.2, 0.25) is 0 Å². The van der Waals surface area contributed by atoms with Gasteiger partial charge in [0.25, 0.3) is 0 Å². The van der Waals surface area contributed by atoms with E-state index in [1.165, 1.54) is 60.3 Å². The molecule has 0 spiro atoms. The molecule has 1 aliphatic rings. The van der Waals surface area contributed by atoms with Crippen molar-refractivity contribution in [2.45, 2.75) is 184 Å². The topological polar surface area (TPSA) is 45.5 Å². The molecule has 1 unspecified atom stereocenters. The van der Waals surface area contributed by atoms with Gasteiger partial charge in [-0.15, -0.1) is 40.5 Å². The Morgan fingerprint density at radius 2 is 1.44 bits per heavy atom. The number of hydrogen-bond acceptors (Lipinski definition) is 4. The molecule has 0 saturated carbocycles. The van der Waals surface area contributed by atoms with Crippen LogP contribution in [0.15, 0.2) is 83.7 Å². The van der Waals surface area contributed by atoms with Crippen LogP contribution in [0.25, 0.3) is 53.0 Å². The van der Waals surface area contributed by atoms with Crippen molar-refractivity contribution in [3.8, 4) is 11.3 Å². The third-order valence-corrected chi connectivity index (χ3v) is 16.4. The molecule has 3 nitrogen and oxygen atoms in total. The van der Waals surface area contributed by atoms with Crippen LogP contribution in [0.3, 0.4) is 0 Å². The normalized spacial score (nSPS) is 16.2. The van der Waals surface area contributed by atoms with E-state index in [1.807, 2.05) is 23.6 Å². The number of nitrogens with zero attached hydrogens (tertiary/aromatic N) is 2. The van der Waals surface area contributed by atoms with Crippen molar-refractivity contribution >= 4 is 58.8 Å². The van der Waals surface area contributed by atoms with E-state index in [2.05, 4.69) is 171 Å². The van der Waals surface area contributed by atoms with Crippen LogP contribution in [0.1, 0.15) is 178 Å². The van der Waals surface area contributed by atoms with Gasteiger partial charge >= 0.3 is 0 Å². The molecule has 0 aliphatic heterocycles. The molecule has 4 aromatic carbocycles. The van der Waals surface area contributed by atoms with Gasteiger partial charge < -0.3 is 5.11 Å². The SMILES string of the molecule is CC(C)(C)c1cc(-c2nccc3cc4sc5c6c(ccc5c4cc23)C(C)(C)CCC6(C)C)[c-]c2ccccc12.CCCC(CC)N=C(/C=C(\O)C(C)(CC)CC)C(C)(CC)CC.[Ir]. The zero-order chi connectivity index (χ0) is 45.4. The fraction of sp³-hybridized carbons (Fsp3) is 0.517. The standard InChI is InChI=1S/C37H36NS.C21H41NO.Ir/c1-35(2,3)30-19-24(18-22-10-8-9-11-25(22)30)33-27-21-28-26-12-13-29-32(37(6,7)16-15-36(29,4)5)34(26)39-31(28)20-23(27)14-17-38-33;1-9-15-17(10-2)22-18(20(7,11-3)12-4)16-19(23)21(8,13-5)14-6;/h8-14,17,19-21H,15-16H2,1-7H3;16-17,23H,9-15H2,1-8H3;/q-1;;/b;19-16-,22-18?;. The molecule has 0 saturated heterocycles. The van der Waals surface area contributed by atoms with E-state index in [0.717, 1.165) is 67.3 Å². The van der Waals surface area contributed by atoms with Gasteiger partial charge in [0.2, 0.25) is 0 Å². The van der Waals surface area contributed by atoms with Gasteiger partial charge in [-0.05, 0) is 108 Å². The van der Waals surface area contributed by atoms with Crippen molar-refractivity contribution in [2.75, 3.05) is 0 Å². The first-order chi connectivity index (χ1) is 29.2. The Labute approximate surface area is 399 Å². The van der Waals surface area contributed by atoms with E-state index in [0.29, 0.717) is 11.8 Å². The minimum atomic E-state index is -0.143. The van der Waals surface area contributed by atoms with Crippen molar-refractivity contribution in [3.05, 3.63) is 101 Å². The van der Waals surface area contributed by atoms with E-state index in [9.17, 15) is 5.11 Å². The molecule has 341 valence electrons. The van der Waals surface area contributed by atoms with E-state index >= 15 is 0 Å². The quantitative estimate of drug-likeness (QED) is 0.0754. The maximum Gasteiger partial charge on any atom is 0.0999 e. The Balaban J connectivity index is 0.000000271. The second kappa shape index (κ2) is 19.6. The van der Waals surface area contributed by atoms with E-state index in [-0.39, 0.29) is 47.2 Å². The molecule has 0 fully saturated rings. The number of aliphatic hydroxyl groups is 1. The van der Waals surface area contributed by atoms with Crippen LogP contribution >= 0.6 is 11.3 Å². The smallest absolute Gasteiger partial charge is 0.0999 e. The zero-order valence-corrected chi connectivity index (χ0v) is 44.7. The van der Waals surface area contributed by atoms with Crippen LogP contribution in [0.4, 0.5) is 0 Å². The maximum atomic E-state index is 10.8. The van der Waals surface area contributed by atoms with Crippen LogP contribution in [-0.4, -0.2) is 21.8 Å². The van der Waals surface area contributed by atoms with E-state index in [1.54, 1.807) is 5.56 Å². The Morgan fingerprint density at radius 3 is 2.06 bits per heavy atom. The van der Waals surface area contributed by atoms with Gasteiger partial charge in [0, 0.05) is 68.7 Å². The number of aliphatic imine (C=N–C) groups is 1.